The van der Waals surface area contributed by atoms with Crippen LogP contribution in [0.2, 0.25) is 0 Å². The fraction of sp³-hybridized carbons (Fsp3) is 0.556. The molecule has 1 aromatic heterocycles. The van der Waals surface area contributed by atoms with Crippen LogP contribution in [0.3, 0.4) is 0 Å². The van der Waals surface area contributed by atoms with Gasteiger partial charge in [0, 0.05) is 32.2 Å². The summed E-state index contributed by atoms with van der Waals surface area (Å²) in [6.45, 7) is 2.30. The molecule has 8 heteroatoms. The van der Waals surface area contributed by atoms with Crippen molar-refractivity contribution in [3.8, 4) is 0 Å². The van der Waals surface area contributed by atoms with Crippen molar-refractivity contribution in [1.82, 2.24) is 14.3 Å². The zero-order chi connectivity index (χ0) is 12.5. The minimum atomic E-state index is -3.08. The van der Waals surface area contributed by atoms with Gasteiger partial charge in [-0.1, -0.05) is 0 Å². The van der Waals surface area contributed by atoms with Crippen LogP contribution in [0, 0.1) is 0 Å². The van der Waals surface area contributed by atoms with Gasteiger partial charge in [-0.15, -0.1) is 0 Å². The van der Waals surface area contributed by atoms with Gasteiger partial charge in [-0.05, 0) is 15.9 Å². The third kappa shape index (κ3) is 3.14. The highest BCUT2D eigenvalue weighted by molar-refractivity contribution is 9.10. The predicted octanol–water partition coefficient (Wildman–Crippen LogP) is 0.321. The molecule has 2 rings (SSSR count). The van der Waals surface area contributed by atoms with Gasteiger partial charge in [0.05, 0.1) is 6.26 Å². The van der Waals surface area contributed by atoms with Crippen LogP contribution >= 0.6 is 15.9 Å². The lowest BCUT2D eigenvalue weighted by Crippen LogP contribution is -2.48. The van der Waals surface area contributed by atoms with Crippen molar-refractivity contribution in [1.29, 1.82) is 0 Å². The quantitative estimate of drug-likeness (QED) is 0.734. The number of aromatic nitrogens is 2. The molecule has 0 spiro atoms. The van der Waals surface area contributed by atoms with Crippen LogP contribution in [0.5, 0.6) is 0 Å². The van der Waals surface area contributed by atoms with Crippen molar-refractivity contribution < 1.29 is 8.42 Å². The summed E-state index contributed by atoms with van der Waals surface area (Å²) in [7, 11) is -3.08. The van der Waals surface area contributed by atoms with Gasteiger partial charge >= 0.3 is 0 Å². The van der Waals surface area contributed by atoms with Gasteiger partial charge in [0.25, 0.3) is 0 Å². The molecule has 0 unspecified atom stereocenters. The average Bonchev–Trinajstić information content (AvgIpc) is 2.28. The molecule has 0 N–H and O–H groups in total. The summed E-state index contributed by atoms with van der Waals surface area (Å²) in [4.78, 5) is 10.2. The molecule has 0 saturated carbocycles. The molecule has 0 aliphatic carbocycles. The van der Waals surface area contributed by atoms with Gasteiger partial charge in [-0.2, -0.15) is 4.31 Å². The average molecular weight is 321 g/mol. The lowest BCUT2D eigenvalue weighted by atomic mass is 10.3. The zero-order valence-corrected chi connectivity index (χ0v) is 11.8. The first-order valence-corrected chi connectivity index (χ1v) is 7.78. The molecule has 0 radical (unpaired) electrons. The first-order valence-electron chi connectivity index (χ1n) is 5.14. The van der Waals surface area contributed by atoms with Gasteiger partial charge in [-0.3, -0.25) is 0 Å². The van der Waals surface area contributed by atoms with E-state index >= 15 is 0 Å². The molecule has 1 saturated heterocycles. The van der Waals surface area contributed by atoms with Crippen LogP contribution in [-0.2, 0) is 10.0 Å². The van der Waals surface area contributed by atoms with Crippen LogP contribution < -0.4 is 4.90 Å². The Kier molecular flexibility index (Phi) is 3.64. The summed E-state index contributed by atoms with van der Waals surface area (Å²) in [6, 6.07) is 1.83. The summed E-state index contributed by atoms with van der Waals surface area (Å²) >= 11 is 3.29. The van der Waals surface area contributed by atoms with Gasteiger partial charge in [0.1, 0.15) is 16.7 Å². The fourth-order valence-corrected chi connectivity index (χ4v) is 2.87. The Morgan fingerprint density at radius 3 is 2.41 bits per heavy atom. The van der Waals surface area contributed by atoms with Crippen LogP contribution in [0.1, 0.15) is 0 Å². The molecule has 6 nitrogen and oxygen atoms in total. The molecule has 0 aromatic carbocycles. The lowest BCUT2D eigenvalue weighted by molar-refractivity contribution is 0.387. The third-order valence-electron chi connectivity index (χ3n) is 2.65. The van der Waals surface area contributed by atoms with E-state index in [1.165, 1.54) is 16.9 Å². The molecular formula is C9H13BrN4O2S. The van der Waals surface area contributed by atoms with Crippen molar-refractivity contribution in [2.24, 2.45) is 0 Å². The molecule has 1 aromatic rings. The van der Waals surface area contributed by atoms with Crippen molar-refractivity contribution in [3.05, 3.63) is 17.0 Å². The molecule has 0 bridgehead atoms. The highest BCUT2D eigenvalue weighted by atomic mass is 79.9. The molecule has 1 aliphatic rings. The summed E-state index contributed by atoms with van der Waals surface area (Å²) in [5.74, 6) is 0.819. The number of nitrogens with zero attached hydrogens (tertiary/aromatic N) is 4. The second kappa shape index (κ2) is 4.87. The second-order valence-electron chi connectivity index (χ2n) is 3.85. The number of hydrogen-bond acceptors (Lipinski definition) is 5. The monoisotopic (exact) mass is 320 g/mol. The largest absolute Gasteiger partial charge is 0.354 e. The van der Waals surface area contributed by atoms with Crippen LogP contribution in [-0.4, -0.2) is 55.1 Å². The normalized spacial score (nSPS) is 18.4. The minimum absolute atomic E-state index is 0.500. The summed E-state index contributed by atoms with van der Waals surface area (Å²) in [6.07, 6.45) is 2.73. The zero-order valence-electron chi connectivity index (χ0n) is 9.37. The van der Waals surface area contributed by atoms with Crippen LogP contribution in [0.25, 0.3) is 0 Å². The van der Waals surface area contributed by atoms with Crippen molar-refractivity contribution >= 4 is 31.8 Å². The molecule has 0 atom stereocenters. The standard InChI is InChI=1S/C9H13BrN4O2S/c1-17(15,16)14-4-2-13(3-5-14)9-6-8(10)11-7-12-9/h6-7H,2-5H2,1H3. The van der Waals surface area contributed by atoms with Crippen molar-refractivity contribution in [3.63, 3.8) is 0 Å². The summed E-state index contributed by atoms with van der Waals surface area (Å²) in [5, 5.41) is 0. The predicted molar refractivity (Wildman–Crippen MR) is 68.4 cm³/mol. The SMILES string of the molecule is CS(=O)(=O)N1CCN(c2cc(Br)ncn2)CC1. The van der Waals surface area contributed by atoms with E-state index in [-0.39, 0.29) is 0 Å². The van der Waals surface area contributed by atoms with E-state index in [0.717, 1.165) is 10.4 Å². The Balaban J connectivity index is 2.05. The summed E-state index contributed by atoms with van der Waals surface area (Å²) in [5.41, 5.74) is 0. The maximum absolute atomic E-state index is 11.4. The smallest absolute Gasteiger partial charge is 0.211 e. The van der Waals surface area contributed by atoms with E-state index in [1.807, 2.05) is 11.0 Å². The number of hydrogen-bond donors (Lipinski definition) is 0. The first kappa shape index (κ1) is 12.7. The van der Waals surface area contributed by atoms with E-state index in [4.69, 9.17) is 0 Å². The number of halogens is 1. The molecule has 2 heterocycles. The van der Waals surface area contributed by atoms with E-state index in [1.54, 1.807) is 0 Å². The topological polar surface area (TPSA) is 66.4 Å². The number of piperazine rings is 1. The number of anilines is 1. The number of sulfonamides is 1. The van der Waals surface area contributed by atoms with Crippen molar-refractivity contribution in [2.75, 3.05) is 37.3 Å². The highest BCUT2D eigenvalue weighted by Gasteiger charge is 2.23. The van der Waals surface area contributed by atoms with Crippen LogP contribution in [0.4, 0.5) is 5.82 Å². The fourth-order valence-electron chi connectivity index (χ4n) is 1.75. The van der Waals surface area contributed by atoms with Gasteiger partial charge in [0.15, 0.2) is 0 Å². The maximum Gasteiger partial charge on any atom is 0.211 e. The van der Waals surface area contributed by atoms with E-state index < -0.39 is 10.0 Å². The van der Waals surface area contributed by atoms with Crippen LogP contribution in [0.15, 0.2) is 17.0 Å². The second-order valence-corrected chi connectivity index (χ2v) is 6.64. The molecular weight excluding hydrogens is 308 g/mol. The molecule has 17 heavy (non-hydrogen) atoms. The van der Waals surface area contributed by atoms with Crippen molar-refractivity contribution in [2.45, 2.75) is 0 Å². The van der Waals surface area contributed by atoms with E-state index in [2.05, 4.69) is 25.9 Å². The molecule has 94 valence electrons. The summed E-state index contributed by atoms with van der Waals surface area (Å²) < 4.78 is 24.9. The molecule has 1 aliphatic heterocycles. The minimum Gasteiger partial charge on any atom is -0.354 e. The van der Waals surface area contributed by atoms with E-state index in [0.29, 0.717) is 26.2 Å². The Morgan fingerprint density at radius 1 is 1.24 bits per heavy atom. The Morgan fingerprint density at radius 2 is 1.88 bits per heavy atom. The van der Waals surface area contributed by atoms with Gasteiger partial charge in [0.2, 0.25) is 10.0 Å². The first-order chi connectivity index (χ1) is 7.97. The molecule has 0 amide bonds. The Hall–Kier alpha value is -0.730. The maximum atomic E-state index is 11.4. The third-order valence-corrected chi connectivity index (χ3v) is 4.39. The Labute approximate surface area is 109 Å². The highest BCUT2D eigenvalue weighted by Crippen LogP contribution is 2.17. The van der Waals surface area contributed by atoms with Gasteiger partial charge in [-0.25, -0.2) is 18.4 Å². The van der Waals surface area contributed by atoms with Gasteiger partial charge < -0.3 is 4.90 Å². The Bertz CT molecular complexity index is 499. The lowest BCUT2D eigenvalue weighted by Gasteiger charge is -2.33. The van der Waals surface area contributed by atoms with E-state index in [9.17, 15) is 8.42 Å². The molecule has 1 fully saturated rings. The number of rotatable bonds is 2.